The average Bonchev–Trinajstić information content (AvgIpc) is 2.86. The van der Waals surface area contributed by atoms with Gasteiger partial charge in [-0.25, -0.2) is 0 Å². The number of imide groups is 1. The summed E-state index contributed by atoms with van der Waals surface area (Å²) in [4.78, 5) is 25.8. The summed E-state index contributed by atoms with van der Waals surface area (Å²) in [5.74, 6) is -0.443. The molecule has 0 bridgehead atoms. The van der Waals surface area contributed by atoms with Crippen molar-refractivity contribution in [1.29, 1.82) is 0 Å². The fourth-order valence-corrected chi connectivity index (χ4v) is 2.67. The third kappa shape index (κ3) is 3.39. The van der Waals surface area contributed by atoms with Crippen molar-refractivity contribution in [2.45, 2.75) is 6.92 Å². The van der Waals surface area contributed by atoms with Crippen LogP contribution in [0.15, 0.2) is 54.3 Å². The monoisotopic (exact) mass is 353 g/mol. The summed E-state index contributed by atoms with van der Waals surface area (Å²) in [6.45, 7) is 2.09. The highest BCUT2D eigenvalue weighted by atomic mass is 16.5. The van der Waals surface area contributed by atoms with Crippen molar-refractivity contribution >= 4 is 17.4 Å². The van der Waals surface area contributed by atoms with Gasteiger partial charge in [0.05, 0.1) is 19.2 Å². The third-order valence-electron chi connectivity index (χ3n) is 4.13. The Morgan fingerprint density at radius 3 is 2.15 bits per heavy atom. The summed E-state index contributed by atoms with van der Waals surface area (Å²) in [5.41, 5.74) is 1.57. The van der Waals surface area contributed by atoms with E-state index >= 15 is 0 Å². The van der Waals surface area contributed by atoms with Gasteiger partial charge in [-0.05, 0) is 36.8 Å². The zero-order valence-electron chi connectivity index (χ0n) is 14.6. The van der Waals surface area contributed by atoms with E-state index in [1.54, 1.807) is 43.5 Å². The number of aryl methyl sites for hydroxylation is 1. The number of carbonyl (C=O) groups excluding carboxylic acids is 2. The van der Waals surface area contributed by atoms with Crippen LogP contribution in [0.3, 0.4) is 0 Å². The summed E-state index contributed by atoms with van der Waals surface area (Å²) in [6.07, 6.45) is 0. The van der Waals surface area contributed by atoms with Crippen LogP contribution in [0, 0.1) is 6.92 Å². The molecule has 0 saturated carbocycles. The first-order chi connectivity index (χ1) is 12.5. The first-order valence-electron chi connectivity index (χ1n) is 8.14. The number of carbonyl (C=O) groups is 2. The number of nitrogens with zero attached hydrogens (tertiary/aromatic N) is 1. The Hall–Kier alpha value is -3.28. The molecule has 1 heterocycles. The van der Waals surface area contributed by atoms with Gasteiger partial charge in [0, 0.05) is 0 Å². The molecule has 1 aliphatic heterocycles. The number of hydrogen-bond acceptors (Lipinski definition) is 5. The number of aliphatic hydroxyl groups excluding tert-OH is 1. The molecule has 2 aromatic rings. The van der Waals surface area contributed by atoms with Crippen LogP contribution in [-0.2, 0) is 9.59 Å². The predicted octanol–water partition coefficient (Wildman–Crippen LogP) is 2.72. The van der Waals surface area contributed by atoms with Crippen molar-refractivity contribution < 1.29 is 24.2 Å². The van der Waals surface area contributed by atoms with E-state index in [-0.39, 0.29) is 18.7 Å². The molecule has 1 N–H and O–H groups in total. The SMILES string of the molecule is COc1ccc(OCCN2C(=O)C(O)=C(c3ccc(C)cc3)C2=O)cc1. The second kappa shape index (κ2) is 7.31. The zero-order chi connectivity index (χ0) is 18.7. The van der Waals surface area contributed by atoms with Gasteiger partial charge in [-0.15, -0.1) is 0 Å². The van der Waals surface area contributed by atoms with E-state index in [4.69, 9.17) is 9.47 Å². The Morgan fingerprint density at radius 1 is 0.923 bits per heavy atom. The van der Waals surface area contributed by atoms with Crippen LogP contribution in [0.25, 0.3) is 5.57 Å². The molecule has 0 fully saturated rings. The number of benzene rings is 2. The molecule has 0 unspecified atom stereocenters. The molecule has 134 valence electrons. The van der Waals surface area contributed by atoms with Gasteiger partial charge >= 0.3 is 0 Å². The topological polar surface area (TPSA) is 76.1 Å². The minimum atomic E-state index is -0.705. The Labute approximate surface area is 151 Å². The van der Waals surface area contributed by atoms with E-state index in [0.717, 1.165) is 10.5 Å². The lowest BCUT2D eigenvalue weighted by molar-refractivity contribution is -0.138. The van der Waals surface area contributed by atoms with Gasteiger partial charge < -0.3 is 14.6 Å². The Kier molecular flexibility index (Phi) is 4.93. The van der Waals surface area contributed by atoms with E-state index in [1.807, 2.05) is 19.1 Å². The van der Waals surface area contributed by atoms with Crippen LogP contribution in [-0.4, -0.2) is 42.1 Å². The van der Waals surface area contributed by atoms with Crippen molar-refractivity contribution in [3.8, 4) is 11.5 Å². The van der Waals surface area contributed by atoms with Gasteiger partial charge in [-0.1, -0.05) is 29.8 Å². The van der Waals surface area contributed by atoms with Gasteiger partial charge in [-0.3, -0.25) is 14.5 Å². The first-order valence-corrected chi connectivity index (χ1v) is 8.14. The predicted molar refractivity (Wildman–Crippen MR) is 95.9 cm³/mol. The Morgan fingerprint density at radius 2 is 1.54 bits per heavy atom. The lowest BCUT2D eigenvalue weighted by atomic mass is 10.0. The van der Waals surface area contributed by atoms with Gasteiger partial charge in [0.25, 0.3) is 11.8 Å². The van der Waals surface area contributed by atoms with Gasteiger partial charge in [0.1, 0.15) is 18.1 Å². The minimum Gasteiger partial charge on any atom is -0.502 e. The zero-order valence-corrected chi connectivity index (χ0v) is 14.6. The van der Waals surface area contributed by atoms with Gasteiger partial charge in [0.2, 0.25) is 0 Å². The minimum absolute atomic E-state index is 0.0273. The first kappa shape index (κ1) is 17.5. The van der Waals surface area contributed by atoms with E-state index in [0.29, 0.717) is 17.1 Å². The molecule has 3 rings (SSSR count). The van der Waals surface area contributed by atoms with Crippen molar-refractivity contribution in [3.05, 3.63) is 65.4 Å². The lowest BCUT2D eigenvalue weighted by Gasteiger charge is -2.15. The number of ether oxygens (including phenoxy) is 2. The molecule has 0 atom stereocenters. The molecule has 1 aliphatic rings. The summed E-state index contributed by atoms with van der Waals surface area (Å²) in [6, 6.07) is 14.0. The molecule has 0 radical (unpaired) electrons. The summed E-state index contributed by atoms with van der Waals surface area (Å²) < 4.78 is 10.6. The maximum absolute atomic E-state index is 12.6. The maximum Gasteiger partial charge on any atom is 0.296 e. The normalized spacial score (nSPS) is 14.2. The van der Waals surface area contributed by atoms with E-state index in [1.165, 1.54) is 0 Å². The molecule has 26 heavy (non-hydrogen) atoms. The van der Waals surface area contributed by atoms with Crippen LogP contribution >= 0.6 is 0 Å². The van der Waals surface area contributed by atoms with Gasteiger partial charge in [0.15, 0.2) is 5.76 Å². The van der Waals surface area contributed by atoms with Gasteiger partial charge in [-0.2, -0.15) is 0 Å². The molecule has 2 amide bonds. The quantitative estimate of drug-likeness (QED) is 0.808. The second-order valence-corrected chi connectivity index (χ2v) is 5.88. The van der Waals surface area contributed by atoms with Crippen molar-refractivity contribution in [2.75, 3.05) is 20.3 Å². The van der Waals surface area contributed by atoms with E-state index in [2.05, 4.69) is 0 Å². The maximum atomic E-state index is 12.6. The number of hydrogen-bond donors (Lipinski definition) is 1. The molecule has 0 spiro atoms. The van der Waals surface area contributed by atoms with Crippen molar-refractivity contribution in [2.24, 2.45) is 0 Å². The van der Waals surface area contributed by atoms with Crippen molar-refractivity contribution in [3.63, 3.8) is 0 Å². The lowest BCUT2D eigenvalue weighted by Crippen LogP contribution is -2.35. The highest BCUT2D eigenvalue weighted by Gasteiger charge is 2.38. The van der Waals surface area contributed by atoms with Crippen LogP contribution < -0.4 is 9.47 Å². The molecule has 2 aromatic carbocycles. The highest BCUT2D eigenvalue weighted by molar-refractivity contribution is 6.34. The molecular weight excluding hydrogens is 334 g/mol. The van der Waals surface area contributed by atoms with Crippen LogP contribution in [0.5, 0.6) is 11.5 Å². The standard InChI is InChI=1S/C20H19NO5/c1-13-3-5-14(6-4-13)17-18(22)20(24)21(19(17)23)11-12-26-16-9-7-15(25-2)8-10-16/h3-10,22H,11-12H2,1-2H3. The summed E-state index contributed by atoms with van der Waals surface area (Å²) in [7, 11) is 1.57. The number of methoxy groups -OCH3 is 1. The summed E-state index contributed by atoms with van der Waals surface area (Å²) >= 11 is 0. The van der Waals surface area contributed by atoms with Crippen LogP contribution in [0.1, 0.15) is 11.1 Å². The van der Waals surface area contributed by atoms with Crippen molar-refractivity contribution in [1.82, 2.24) is 4.90 Å². The number of amides is 2. The fourth-order valence-electron chi connectivity index (χ4n) is 2.67. The fraction of sp³-hybridized carbons (Fsp3) is 0.200. The molecular formula is C20H19NO5. The molecule has 0 aliphatic carbocycles. The summed E-state index contributed by atoms with van der Waals surface area (Å²) in [5, 5.41) is 10.1. The highest BCUT2D eigenvalue weighted by Crippen LogP contribution is 2.28. The third-order valence-corrected chi connectivity index (χ3v) is 4.13. The second-order valence-electron chi connectivity index (χ2n) is 5.88. The average molecular weight is 353 g/mol. The van der Waals surface area contributed by atoms with Crippen LogP contribution in [0.4, 0.5) is 0 Å². The van der Waals surface area contributed by atoms with E-state index < -0.39 is 17.6 Å². The number of rotatable bonds is 6. The molecule has 6 heteroatoms. The smallest absolute Gasteiger partial charge is 0.296 e. The van der Waals surface area contributed by atoms with Crippen LogP contribution in [0.2, 0.25) is 0 Å². The molecule has 0 aromatic heterocycles. The largest absolute Gasteiger partial charge is 0.502 e. The Balaban J connectivity index is 1.65. The number of aliphatic hydroxyl groups is 1. The Bertz CT molecular complexity index is 853. The molecule has 0 saturated heterocycles. The molecule has 6 nitrogen and oxygen atoms in total. The van der Waals surface area contributed by atoms with E-state index in [9.17, 15) is 14.7 Å².